The smallest absolute Gasteiger partial charge is 0.0621 e. The van der Waals surface area contributed by atoms with Gasteiger partial charge in [-0.1, -0.05) is 0 Å². The number of hydrogen-bond acceptors (Lipinski definition) is 2. The molecule has 1 atom stereocenters. The molecule has 0 spiro atoms. The van der Waals surface area contributed by atoms with E-state index in [0.717, 1.165) is 18.1 Å². The molecule has 2 heteroatoms. The highest BCUT2D eigenvalue weighted by Gasteiger charge is 2.20. The van der Waals surface area contributed by atoms with Crippen LogP contribution < -0.4 is 0 Å². The summed E-state index contributed by atoms with van der Waals surface area (Å²) >= 11 is 2.01. The van der Waals surface area contributed by atoms with Crippen molar-refractivity contribution in [2.24, 2.45) is 0 Å². The topological polar surface area (TPSA) is 23.8 Å². The zero-order valence-corrected chi connectivity index (χ0v) is 5.58. The van der Waals surface area contributed by atoms with Gasteiger partial charge in [-0.2, -0.15) is 17.0 Å². The van der Waals surface area contributed by atoms with Crippen LogP contribution in [0.3, 0.4) is 0 Å². The van der Waals surface area contributed by atoms with Gasteiger partial charge >= 0.3 is 0 Å². The fourth-order valence-corrected chi connectivity index (χ4v) is 1.28. The van der Waals surface area contributed by atoms with E-state index in [4.69, 9.17) is 5.26 Å². The second-order valence-corrected chi connectivity index (χ2v) is 3.34. The van der Waals surface area contributed by atoms with E-state index < -0.39 is 0 Å². The zero-order valence-electron chi connectivity index (χ0n) is 4.76. The van der Waals surface area contributed by atoms with E-state index in [2.05, 4.69) is 6.07 Å². The Morgan fingerprint density at radius 2 is 2.50 bits per heavy atom. The molecule has 0 aromatic carbocycles. The summed E-state index contributed by atoms with van der Waals surface area (Å²) in [5.74, 6) is 1.34. The third-order valence-corrected chi connectivity index (χ3v) is 2.26. The van der Waals surface area contributed by atoms with Crippen molar-refractivity contribution in [1.82, 2.24) is 0 Å². The molecular weight excluding hydrogens is 118 g/mol. The maximum Gasteiger partial charge on any atom is 0.0621 e. The van der Waals surface area contributed by atoms with Gasteiger partial charge in [0.1, 0.15) is 0 Å². The highest BCUT2D eigenvalue weighted by molar-refractivity contribution is 8.06. The summed E-state index contributed by atoms with van der Waals surface area (Å²) in [7, 11) is 0. The summed E-state index contributed by atoms with van der Waals surface area (Å²) in [5.41, 5.74) is 0. The van der Waals surface area contributed by atoms with Gasteiger partial charge in [-0.15, -0.1) is 0 Å². The molecule has 1 fully saturated rings. The summed E-state index contributed by atoms with van der Waals surface area (Å²) in [6.45, 7) is 0. The number of unbranched alkanes of at least 4 members (excludes halogenated alkanes) is 1. The van der Waals surface area contributed by atoms with E-state index in [0.29, 0.717) is 0 Å². The van der Waals surface area contributed by atoms with Crippen LogP contribution in [0.25, 0.3) is 0 Å². The van der Waals surface area contributed by atoms with Crippen LogP contribution in [0.1, 0.15) is 19.3 Å². The number of thioether (sulfide) groups is 1. The predicted molar refractivity (Wildman–Crippen MR) is 35.7 cm³/mol. The number of nitriles is 1. The molecule has 0 N–H and O–H groups in total. The molecular formula is C6H9NS. The Morgan fingerprint density at radius 3 is 3.00 bits per heavy atom. The van der Waals surface area contributed by atoms with E-state index in [1.807, 2.05) is 11.8 Å². The molecule has 1 saturated heterocycles. The summed E-state index contributed by atoms with van der Waals surface area (Å²) in [4.78, 5) is 0. The second-order valence-electron chi connectivity index (χ2n) is 2.01. The zero-order chi connectivity index (χ0) is 5.82. The van der Waals surface area contributed by atoms with Gasteiger partial charge in [0.25, 0.3) is 0 Å². The van der Waals surface area contributed by atoms with Crippen molar-refractivity contribution < 1.29 is 0 Å². The molecule has 0 amide bonds. The fraction of sp³-hybridized carbons (Fsp3) is 0.833. The van der Waals surface area contributed by atoms with Gasteiger partial charge in [-0.3, -0.25) is 0 Å². The first kappa shape index (κ1) is 5.97. The summed E-state index contributed by atoms with van der Waals surface area (Å²) < 4.78 is 0. The average molecular weight is 127 g/mol. The molecule has 1 aliphatic heterocycles. The SMILES string of the molecule is N#CCCC[C@H]1CS1. The lowest BCUT2D eigenvalue weighted by Gasteiger charge is -1.86. The van der Waals surface area contributed by atoms with Gasteiger partial charge < -0.3 is 0 Å². The maximum atomic E-state index is 8.14. The Balaban J connectivity index is 1.83. The maximum absolute atomic E-state index is 8.14. The van der Waals surface area contributed by atoms with Crippen molar-refractivity contribution in [2.45, 2.75) is 24.5 Å². The Kier molecular flexibility index (Phi) is 2.23. The van der Waals surface area contributed by atoms with E-state index in [1.165, 1.54) is 12.2 Å². The predicted octanol–water partition coefficient (Wildman–Crippen LogP) is 1.80. The average Bonchev–Trinajstić information content (AvgIpc) is 2.51. The molecule has 0 radical (unpaired) electrons. The lowest BCUT2D eigenvalue weighted by atomic mass is 10.2. The minimum atomic E-state index is 0.747. The number of nitrogens with zero attached hydrogens (tertiary/aromatic N) is 1. The molecule has 0 aliphatic carbocycles. The van der Waals surface area contributed by atoms with Crippen LogP contribution in [0.2, 0.25) is 0 Å². The first-order valence-corrected chi connectivity index (χ1v) is 3.97. The lowest BCUT2D eigenvalue weighted by molar-refractivity contribution is 0.781. The molecule has 44 valence electrons. The standard InChI is InChI=1S/C6H9NS/c7-4-2-1-3-6-5-8-6/h6H,1-3,5H2/t6-/m0/s1. The van der Waals surface area contributed by atoms with Crippen LogP contribution in [-0.2, 0) is 0 Å². The molecule has 0 aromatic heterocycles. The minimum absolute atomic E-state index is 0.747. The van der Waals surface area contributed by atoms with Gasteiger partial charge in [0.2, 0.25) is 0 Å². The molecule has 0 bridgehead atoms. The van der Waals surface area contributed by atoms with Crippen LogP contribution in [-0.4, -0.2) is 11.0 Å². The number of hydrogen-bond donors (Lipinski definition) is 0. The van der Waals surface area contributed by atoms with Gasteiger partial charge in [-0.05, 0) is 12.8 Å². The van der Waals surface area contributed by atoms with Crippen LogP contribution in [0.15, 0.2) is 0 Å². The Bertz CT molecular complexity index is 102. The Hall–Kier alpha value is -0.160. The van der Waals surface area contributed by atoms with E-state index >= 15 is 0 Å². The third kappa shape index (κ3) is 2.23. The largest absolute Gasteiger partial charge is 0.198 e. The van der Waals surface area contributed by atoms with Crippen molar-refractivity contribution in [1.29, 1.82) is 5.26 Å². The first-order chi connectivity index (χ1) is 3.93. The van der Waals surface area contributed by atoms with E-state index in [1.54, 1.807) is 0 Å². The summed E-state index contributed by atoms with van der Waals surface area (Å²) in [6.07, 6.45) is 3.11. The van der Waals surface area contributed by atoms with Crippen molar-refractivity contribution in [3.63, 3.8) is 0 Å². The summed E-state index contributed by atoms with van der Waals surface area (Å²) in [6, 6.07) is 2.14. The molecule has 0 saturated carbocycles. The molecule has 0 aromatic rings. The number of rotatable bonds is 3. The third-order valence-electron chi connectivity index (χ3n) is 1.22. The highest BCUT2D eigenvalue weighted by Crippen LogP contribution is 2.34. The van der Waals surface area contributed by atoms with Crippen molar-refractivity contribution in [3.05, 3.63) is 0 Å². The molecule has 0 unspecified atom stereocenters. The first-order valence-electron chi connectivity index (χ1n) is 2.92. The molecule has 1 rings (SSSR count). The van der Waals surface area contributed by atoms with Gasteiger partial charge in [0, 0.05) is 17.4 Å². The molecule has 8 heavy (non-hydrogen) atoms. The fourth-order valence-electron chi connectivity index (χ4n) is 0.643. The van der Waals surface area contributed by atoms with Crippen molar-refractivity contribution in [2.75, 3.05) is 5.75 Å². The van der Waals surface area contributed by atoms with Crippen LogP contribution in [0.5, 0.6) is 0 Å². The Morgan fingerprint density at radius 1 is 1.75 bits per heavy atom. The Labute approximate surface area is 54.1 Å². The van der Waals surface area contributed by atoms with Gasteiger partial charge in [0.05, 0.1) is 6.07 Å². The minimum Gasteiger partial charge on any atom is -0.198 e. The normalized spacial score (nSPS) is 24.6. The molecule has 1 heterocycles. The van der Waals surface area contributed by atoms with Gasteiger partial charge in [0.15, 0.2) is 0 Å². The van der Waals surface area contributed by atoms with Crippen molar-refractivity contribution >= 4 is 11.8 Å². The van der Waals surface area contributed by atoms with Gasteiger partial charge in [-0.25, -0.2) is 0 Å². The van der Waals surface area contributed by atoms with Crippen molar-refractivity contribution in [3.8, 4) is 6.07 Å². The van der Waals surface area contributed by atoms with Crippen LogP contribution >= 0.6 is 11.8 Å². The van der Waals surface area contributed by atoms with Crippen LogP contribution in [0, 0.1) is 11.3 Å². The molecule has 1 aliphatic rings. The summed E-state index contributed by atoms with van der Waals surface area (Å²) in [5, 5.41) is 9.06. The highest BCUT2D eigenvalue weighted by atomic mass is 32.2. The quantitative estimate of drug-likeness (QED) is 0.426. The molecule has 1 nitrogen and oxygen atoms in total. The van der Waals surface area contributed by atoms with E-state index in [-0.39, 0.29) is 0 Å². The monoisotopic (exact) mass is 127 g/mol. The van der Waals surface area contributed by atoms with E-state index in [9.17, 15) is 0 Å². The second kappa shape index (κ2) is 2.99. The van der Waals surface area contributed by atoms with Crippen LogP contribution in [0.4, 0.5) is 0 Å². The lowest BCUT2D eigenvalue weighted by Crippen LogP contribution is -1.80.